The van der Waals surface area contributed by atoms with E-state index in [2.05, 4.69) is 10.2 Å². The first-order valence-corrected chi connectivity index (χ1v) is 7.52. The molecule has 3 rings (SSSR count). The Labute approximate surface area is 124 Å². The van der Waals surface area contributed by atoms with Gasteiger partial charge in [-0.05, 0) is 36.7 Å². The van der Waals surface area contributed by atoms with Gasteiger partial charge in [-0.2, -0.15) is 0 Å². The Morgan fingerprint density at radius 2 is 2.20 bits per heavy atom. The Morgan fingerprint density at radius 1 is 1.40 bits per heavy atom. The summed E-state index contributed by atoms with van der Waals surface area (Å²) in [5.74, 6) is 1.43. The molecule has 2 saturated heterocycles. The van der Waals surface area contributed by atoms with Gasteiger partial charge in [0.25, 0.3) is 0 Å². The van der Waals surface area contributed by atoms with Gasteiger partial charge >= 0.3 is 0 Å². The van der Waals surface area contributed by atoms with Crippen molar-refractivity contribution >= 4 is 11.6 Å². The zero-order valence-corrected chi connectivity index (χ0v) is 12.3. The number of halogens is 1. The van der Waals surface area contributed by atoms with Gasteiger partial charge in [0, 0.05) is 36.6 Å². The quantitative estimate of drug-likeness (QED) is 0.858. The molecule has 2 aliphatic rings. The van der Waals surface area contributed by atoms with Crippen LogP contribution in [0.2, 0.25) is 5.02 Å². The standard InChI is InChI=1S/C15H21ClN2O2/c16-13-1-3-14(4-2-13)20-6-5-18-8-12-7-17-9-15(12,10-18)11-19/h1-4,12,17,19H,5-11H2. The number of nitrogens with one attached hydrogen (secondary N) is 1. The summed E-state index contributed by atoms with van der Waals surface area (Å²) >= 11 is 5.84. The number of hydrogen-bond acceptors (Lipinski definition) is 4. The van der Waals surface area contributed by atoms with Crippen LogP contribution in [-0.2, 0) is 0 Å². The number of aliphatic hydroxyl groups is 1. The number of hydrogen-bond donors (Lipinski definition) is 2. The second-order valence-electron chi connectivity index (χ2n) is 5.89. The van der Waals surface area contributed by atoms with Crippen molar-refractivity contribution in [2.24, 2.45) is 11.3 Å². The molecule has 4 nitrogen and oxygen atoms in total. The summed E-state index contributed by atoms with van der Waals surface area (Å²) in [4.78, 5) is 2.40. The second-order valence-corrected chi connectivity index (χ2v) is 6.32. The van der Waals surface area contributed by atoms with Crippen LogP contribution in [0.15, 0.2) is 24.3 Å². The first-order valence-electron chi connectivity index (χ1n) is 7.14. The highest BCUT2D eigenvalue weighted by atomic mass is 35.5. The molecule has 0 bridgehead atoms. The summed E-state index contributed by atoms with van der Waals surface area (Å²) in [6, 6.07) is 7.45. The van der Waals surface area contributed by atoms with E-state index in [0.717, 1.165) is 43.5 Å². The summed E-state index contributed by atoms with van der Waals surface area (Å²) in [5, 5.41) is 13.8. The van der Waals surface area contributed by atoms with Gasteiger partial charge < -0.3 is 15.2 Å². The highest BCUT2D eigenvalue weighted by molar-refractivity contribution is 6.30. The molecule has 110 valence electrons. The Balaban J connectivity index is 1.47. The van der Waals surface area contributed by atoms with Crippen LogP contribution in [0, 0.1) is 11.3 Å². The van der Waals surface area contributed by atoms with Gasteiger partial charge in [0.05, 0.1) is 6.61 Å². The van der Waals surface area contributed by atoms with Gasteiger partial charge in [0.1, 0.15) is 12.4 Å². The molecule has 20 heavy (non-hydrogen) atoms. The third-order valence-electron chi connectivity index (χ3n) is 4.56. The number of likely N-dealkylation sites (tertiary alicyclic amines) is 1. The summed E-state index contributed by atoms with van der Waals surface area (Å²) in [7, 11) is 0. The van der Waals surface area contributed by atoms with Crippen LogP contribution in [0.25, 0.3) is 0 Å². The average molecular weight is 297 g/mol. The van der Waals surface area contributed by atoms with E-state index in [4.69, 9.17) is 16.3 Å². The fourth-order valence-electron chi connectivity index (χ4n) is 3.35. The maximum atomic E-state index is 9.66. The van der Waals surface area contributed by atoms with Gasteiger partial charge in [-0.25, -0.2) is 0 Å². The second kappa shape index (κ2) is 5.90. The third kappa shape index (κ3) is 2.79. The lowest BCUT2D eigenvalue weighted by molar-refractivity contribution is 0.122. The SMILES string of the molecule is OCC12CNCC1CN(CCOc1ccc(Cl)cc1)C2. The minimum atomic E-state index is 0.0697. The maximum absolute atomic E-state index is 9.66. The van der Waals surface area contributed by atoms with E-state index >= 15 is 0 Å². The van der Waals surface area contributed by atoms with Crippen molar-refractivity contribution < 1.29 is 9.84 Å². The molecule has 0 spiro atoms. The number of fused-ring (bicyclic) bond motifs is 1. The topological polar surface area (TPSA) is 44.7 Å². The highest BCUT2D eigenvalue weighted by Gasteiger charge is 2.48. The van der Waals surface area contributed by atoms with E-state index in [1.54, 1.807) is 0 Å². The first kappa shape index (κ1) is 14.1. The van der Waals surface area contributed by atoms with Crippen molar-refractivity contribution in [3.8, 4) is 5.75 Å². The lowest BCUT2D eigenvalue weighted by Gasteiger charge is -2.25. The Kier molecular flexibility index (Phi) is 4.17. The van der Waals surface area contributed by atoms with E-state index in [-0.39, 0.29) is 12.0 Å². The summed E-state index contributed by atoms with van der Waals surface area (Å²) < 4.78 is 5.73. The monoisotopic (exact) mass is 296 g/mol. The number of benzene rings is 1. The van der Waals surface area contributed by atoms with E-state index in [1.165, 1.54) is 0 Å². The fraction of sp³-hybridized carbons (Fsp3) is 0.600. The molecule has 2 fully saturated rings. The van der Waals surface area contributed by atoms with Gasteiger partial charge in [-0.3, -0.25) is 4.90 Å². The Bertz CT molecular complexity index is 454. The van der Waals surface area contributed by atoms with E-state index in [9.17, 15) is 5.11 Å². The predicted molar refractivity (Wildman–Crippen MR) is 79.3 cm³/mol. The molecule has 1 aromatic rings. The molecule has 0 amide bonds. The summed E-state index contributed by atoms with van der Waals surface area (Å²) in [6.45, 7) is 5.82. The molecule has 2 atom stereocenters. The minimum Gasteiger partial charge on any atom is -0.492 e. The van der Waals surface area contributed by atoms with Crippen LogP contribution in [0.1, 0.15) is 0 Å². The van der Waals surface area contributed by atoms with Crippen molar-refractivity contribution in [2.75, 3.05) is 45.9 Å². The lowest BCUT2D eigenvalue weighted by atomic mass is 9.82. The Morgan fingerprint density at radius 3 is 2.90 bits per heavy atom. The van der Waals surface area contributed by atoms with Gasteiger partial charge in [0.2, 0.25) is 0 Å². The molecule has 0 radical (unpaired) electrons. The first-order chi connectivity index (χ1) is 9.72. The normalized spacial score (nSPS) is 29.6. The summed E-state index contributed by atoms with van der Waals surface area (Å²) in [5.41, 5.74) is 0.0697. The fourth-order valence-corrected chi connectivity index (χ4v) is 3.48. The zero-order valence-electron chi connectivity index (χ0n) is 11.5. The van der Waals surface area contributed by atoms with E-state index in [0.29, 0.717) is 12.5 Å². The van der Waals surface area contributed by atoms with Crippen molar-refractivity contribution in [2.45, 2.75) is 0 Å². The maximum Gasteiger partial charge on any atom is 0.119 e. The van der Waals surface area contributed by atoms with E-state index in [1.807, 2.05) is 24.3 Å². The van der Waals surface area contributed by atoms with E-state index < -0.39 is 0 Å². The number of rotatable bonds is 5. The van der Waals surface area contributed by atoms with Gasteiger partial charge in [-0.15, -0.1) is 0 Å². The molecular formula is C15H21ClN2O2. The van der Waals surface area contributed by atoms with Crippen molar-refractivity contribution in [1.29, 1.82) is 0 Å². The van der Waals surface area contributed by atoms with Crippen molar-refractivity contribution in [3.63, 3.8) is 0 Å². The molecule has 1 aromatic carbocycles. The Hall–Kier alpha value is -0.810. The smallest absolute Gasteiger partial charge is 0.119 e. The van der Waals surface area contributed by atoms with Crippen LogP contribution in [-0.4, -0.2) is 55.9 Å². The molecule has 0 saturated carbocycles. The molecular weight excluding hydrogens is 276 g/mol. The van der Waals surface area contributed by atoms with Crippen molar-refractivity contribution in [1.82, 2.24) is 10.2 Å². The van der Waals surface area contributed by atoms with Crippen molar-refractivity contribution in [3.05, 3.63) is 29.3 Å². The van der Waals surface area contributed by atoms with Crippen LogP contribution in [0.4, 0.5) is 0 Å². The summed E-state index contributed by atoms with van der Waals surface area (Å²) in [6.07, 6.45) is 0. The molecule has 0 aliphatic carbocycles. The van der Waals surface area contributed by atoms with Crippen LogP contribution in [0.3, 0.4) is 0 Å². The predicted octanol–water partition coefficient (Wildman–Crippen LogP) is 1.23. The molecule has 0 aromatic heterocycles. The van der Waals surface area contributed by atoms with Gasteiger partial charge in [0.15, 0.2) is 0 Å². The average Bonchev–Trinajstić information content (AvgIpc) is 2.98. The zero-order chi connectivity index (χ0) is 14.0. The minimum absolute atomic E-state index is 0.0697. The van der Waals surface area contributed by atoms with Gasteiger partial charge in [-0.1, -0.05) is 11.6 Å². The lowest BCUT2D eigenvalue weighted by Crippen LogP contribution is -2.36. The molecule has 2 N–H and O–H groups in total. The van der Waals surface area contributed by atoms with Crippen LogP contribution < -0.4 is 10.1 Å². The number of aliphatic hydroxyl groups excluding tert-OH is 1. The largest absolute Gasteiger partial charge is 0.492 e. The molecule has 5 heteroatoms. The van der Waals surface area contributed by atoms with Crippen LogP contribution in [0.5, 0.6) is 5.75 Å². The molecule has 2 heterocycles. The number of ether oxygens (including phenoxy) is 1. The highest BCUT2D eigenvalue weighted by Crippen LogP contribution is 2.38. The third-order valence-corrected chi connectivity index (χ3v) is 4.81. The van der Waals surface area contributed by atoms with Crippen LogP contribution >= 0.6 is 11.6 Å². The molecule has 2 aliphatic heterocycles. The molecule has 2 unspecified atom stereocenters. The number of nitrogens with zero attached hydrogens (tertiary/aromatic N) is 1.